The van der Waals surface area contributed by atoms with Crippen molar-refractivity contribution in [3.8, 4) is 11.5 Å². The van der Waals surface area contributed by atoms with Gasteiger partial charge in [0.15, 0.2) is 5.82 Å². The second-order valence-electron chi connectivity index (χ2n) is 8.94. The topological polar surface area (TPSA) is 95.4 Å². The Morgan fingerprint density at radius 3 is 2.79 bits per heavy atom. The normalized spacial score (nSPS) is 16.3. The predicted molar refractivity (Wildman–Crippen MR) is 132 cm³/mol. The Labute approximate surface area is 197 Å². The smallest absolute Gasteiger partial charge is 0.404 e. The standard InChI is InChI=1S/C26H29N5O3/c1-4-31-22(14-17-8-5-7-16(2)23(17)31)24-28-20-13-18(10-11-21(20)29(24)3)25(32)30-12-6-9-19(15-30)34-26(27)33/h5,7-8,10-11,13-14,19H,4,6,9,12,15H2,1-3H3,(H2,27,33). The number of imidazole rings is 1. The number of para-hydroxylation sites is 1. The van der Waals surface area contributed by atoms with Crippen LogP contribution in [0.3, 0.4) is 0 Å². The number of carbonyl (C=O) groups is 2. The molecule has 0 aliphatic carbocycles. The lowest BCUT2D eigenvalue weighted by Crippen LogP contribution is -2.44. The summed E-state index contributed by atoms with van der Waals surface area (Å²) in [5.41, 5.74) is 11.0. The molecule has 2 aromatic heterocycles. The van der Waals surface area contributed by atoms with Crippen molar-refractivity contribution in [2.45, 2.75) is 39.3 Å². The molecule has 176 valence electrons. The molecule has 3 heterocycles. The van der Waals surface area contributed by atoms with Crippen LogP contribution in [0.1, 0.15) is 35.7 Å². The summed E-state index contributed by atoms with van der Waals surface area (Å²) < 4.78 is 9.50. The molecule has 0 radical (unpaired) electrons. The lowest BCUT2D eigenvalue weighted by molar-refractivity contribution is 0.0373. The third-order valence-electron chi connectivity index (χ3n) is 6.74. The Hall–Kier alpha value is -3.81. The van der Waals surface area contributed by atoms with Crippen LogP contribution in [0.2, 0.25) is 0 Å². The fourth-order valence-corrected chi connectivity index (χ4v) is 5.15. The third kappa shape index (κ3) is 3.69. The van der Waals surface area contributed by atoms with Crippen LogP contribution in [0.15, 0.2) is 42.5 Å². The SMILES string of the molecule is CCn1c(-c2nc3cc(C(=O)N4CCCC(OC(N)=O)C4)ccc3n2C)cc2cccc(C)c21. The molecule has 4 aromatic rings. The molecule has 5 rings (SSSR count). The summed E-state index contributed by atoms with van der Waals surface area (Å²) in [6.07, 6.45) is 0.308. The van der Waals surface area contributed by atoms with Gasteiger partial charge in [-0.1, -0.05) is 18.2 Å². The number of carbonyl (C=O) groups excluding carboxylic acids is 2. The van der Waals surface area contributed by atoms with Crippen molar-refractivity contribution in [1.82, 2.24) is 19.0 Å². The average Bonchev–Trinajstić information content (AvgIpc) is 3.36. The first-order valence-corrected chi connectivity index (χ1v) is 11.7. The molecule has 1 atom stereocenters. The molecule has 1 fully saturated rings. The molecule has 2 aromatic carbocycles. The van der Waals surface area contributed by atoms with E-state index in [9.17, 15) is 9.59 Å². The summed E-state index contributed by atoms with van der Waals surface area (Å²) in [6.45, 7) is 6.08. The minimum absolute atomic E-state index is 0.0924. The molecule has 1 unspecified atom stereocenters. The minimum Gasteiger partial charge on any atom is -0.445 e. The predicted octanol–water partition coefficient (Wildman–Crippen LogP) is 4.22. The second-order valence-corrected chi connectivity index (χ2v) is 8.94. The van der Waals surface area contributed by atoms with Gasteiger partial charge in [-0.25, -0.2) is 9.78 Å². The quantitative estimate of drug-likeness (QED) is 0.494. The molecule has 8 nitrogen and oxygen atoms in total. The highest BCUT2D eigenvalue weighted by Crippen LogP contribution is 2.32. The lowest BCUT2D eigenvalue weighted by atomic mass is 10.1. The molecule has 34 heavy (non-hydrogen) atoms. The number of fused-ring (bicyclic) bond motifs is 2. The minimum atomic E-state index is -0.804. The zero-order chi connectivity index (χ0) is 24.0. The van der Waals surface area contributed by atoms with Gasteiger partial charge in [-0.15, -0.1) is 0 Å². The van der Waals surface area contributed by atoms with Crippen molar-refractivity contribution in [2.24, 2.45) is 12.8 Å². The van der Waals surface area contributed by atoms with Gasteiger partial charge in [-0.3, -0.25) is 4.79 Å². The first-order valence-electron chi connectivity index (χ1n) is 11.7. The van der Waals surface area contributed by atoms with Gasteiger partial charge < -0.3 is 24.5 Å². The van der Waals surface area contributed by atoms with Crippen molar-refractivity contribution in [3.63, 3.8) is 0 Å². The van der Waals surface area contributed by atoms with E-state index in [-0.39, 0.29) is 12.0 Å². The number of nitrogens with two attached hydrogens (primary N) is 1. The van der Waals surface area contributed by atoms with E-state index in [1.165, 1.54) is 16.5 Å². The highest BCUT2D eigenvalue weighted by atomic mass is 16.6. The van der Waals surface area contributed by atoms with Gasteiger partial charge in [0.05, 0.1) is 28.8 Å². The third-order valence-corrected chi connectivity index (χ3v) is 6.74. The number of ether oxygens (including phenoxy) is 1. The first kappa shape index (κ1) is 22.0. The number of nitrogens with zero attached hydrogens (tertiary/aromatic N) is 4. The summed E-state index contributed by atoms with van der Waals surface area (Å²) >= 11 is 0. The number of likely N-dealkylation sites (tertiary alicyclic amines) is 1. The van der Waals surface area contributed by atoms with E-state index in [2.05, 4.69) is 47.2 Å². The molecule has 2 amide bonds. The molecular formula is C26H29N5O3. The number of benzene rings is 2. The number of hydrogen-bond donors (Lipinski definition) is 1. The Morgan fingerprint density at radius 1 is 1.21 bits per heavy atom. The summed E-state index contributed by atoms with van der Waals surface area (Å²) in [5, 5.41) is 1.19. The molecule has 1 aliphatic heterocycles. The number of hydrogen-bond acceptors (Lipinski definition) is 4. The monoisotopic (exact) mass is 459 g/mol. The molecular weight excluding hydrogens is 430 g/mol. The van der Waals surface area contributed by atoms with Gasteiger partial charge in [0.25, 0.3) is 5.91 Å². The highest BCUT2D eigenvalue weighted by Gasteiger charge is 2.27. The number of primary amides is 1. The Morgan fingerprint density at radius 2 is 2.03 bits per heavy atom. The van der Waals surface area contributed by atoms with E-state index in [0.717, 1.165) is 35.5 Å². The second kappa shape index (κ2) is 8.52. The van der Waals surface area contributed by atoms with E-state index in [1.54, 1.807) is 4.90 Å². The van der Waals surface area contributed by atoms with Crippen LogP contribution in [0, 0.1) is 6.92 Å². The van der Waals surface area contributed by atoms with E-state index in [4.69, 9.17) is 15.5 Å². The van der Waals surface area contributed by atoms with Crippen molar-refractivity contribution < 1.29 is 14.3 Å². The van der Waals surface area contributed by atoms with Crippen LogP contribution in [0.5, 0.6) is 0 Å². The maximum Gasteiger partial charge on any atom is 0.404 e. The summed E-state index contributed by atoms with van der Waals surface area (Å²) in [4.78, 5) is 31.0. The molecule has 2 N–H and O–H groups in total. The Kier molecular flexibility index (Phi) is 5.51. The van der Waals surface area contributed by atoms with E-state index in [0.29, 0.717) is 25.1 Å². The van der Waals surface area contributed by atoms with Crippen molar-refractivity contribution in [2.75, 3.05) is 13.1 Å². The molecule has 0 saturated carbocycles. The lowest BCUT2D eigenvalue weighted by Gasteiger charge is -2.32. The van der Waals surface area contributed by atoms with Gasteiger partial charge in [0.1, 0.15) is 6.10 Å². The van der Waals surface area contributed by atoms with Crippen LogP contribution in [-0.4, -0.2) is 50.2 Å². The van der Waals surface area contributed by atoms with Crippen molar-refractivity contribution in [3.05, 3.63) is 53.6 Å². The van der Waals surface area contributed by atoms with Crippen LogP contribution in [0.25, 0.3) is 33.5 Å². The van der Waals surface area contributed by atoms with Gasteiger partial charge in [-0.05, 0) is 56.5 Å². The maximum absolute atomic E-state index is 13.2. The van der Waals surface area contributed by atoms with Crippen molar-refractivity contribution >= 4 is 33.9 Å². The fourth-order valence-electron chi connectivity index (χ4n) is 5.15. The zero-order valence-corrected chi connectivity index (χ0v) is 19.7. The van der Waals surface area contributed by atoms with Gasteiger partial charge in [-0.2, -0.15) is 0 Å². The van der Waals surface area contributed by atoms with Gasteiger partial charge in [0, 0.05) is 31.1 Å². The summed E-state index contributed by atoms with van der Waals surface area (Å²) in [7, 11) is 2.01. The zero-order valence-electron chi connectivity index (χ0n) is 19.7. The van der Waals surface area contributed by atoms with Crippen LogP contribution < -0.4 is 5.73 Å². The molecule has 1 saturated heterocycles. The highest BCUT2D eigenvalue weighted by molar-refractivity contribution is 5.98. The molecule has 8 heteroatoms. The Bertz CT molecular complexity index is 1420. The maximum atomic E-state index is 13.2. The van der Waals surface area contributed by atoms with E-state index < -0.39 is 6.09 Å². The largest absolute Gasteiger partial charge is 0.445 e. The van der Waals surface area contributed by atoms with E-state index >= 15 is 0 Å². The fraction of sp³-hybridized carbons (Fsp3) is 0.346. The number of piperidine rings is 1. The summed E-state index contributed by atoms with van der Waals surface area (Å²) in [5.74, 6) is 0.773. The molecule has 1 aliphatic rings. The van der Waals surface area contributed by atoms with Gasteiger partial charge in [0.2, 0.25) is 0 Å². The number of aromatic nitrogens is 3. The molecule has 0 spiro atoms. The average molecular weight is 460 g/mol. The van der Waals surface area contributed by atoms with Crippen LogP contribution >= 0.6 is 0 Å². The van der Waals surface area contributed by atoms with Gasteiger partial charge >= 0.3 is 6.09 Å². The van der Waals surface area contributed by atoms with Crippen molar-refractivity contribution in [1.29, 1.82) is 0 Å². The van der Waals surface area contributed by atoms with E-state index in [1.807, 2.05) is 25.2 Å². The van der Waals surface area contributed by atoms with Crippen LogP contribution in [0.4, 0.5) is 4.79 Å². The molecule has 0 bridgehead atoms. The van der Waals surface area contributed by atoms with Crippen LogP contribution in [-0.2, 0) is 18.3 Å². The number of aryl methyl sites for hydroxylation is 3. The first-order chi connectivity index (χ1) is 16.4. The number of amides is 2. The number of rotatable bonds is 4. The Balaban J connectivity index is 1.51. The summed E-state index contributed by atoms with van der Waals surface area (Å²) in [6, 6.07) is 14.2.